The highest BCUT2D eigenvalue weighted by molar-refractivity contribution is 5.61. The predicted octanol–water partition coefficient (Wildman–Crippen LogP) is 3.52. The molecular formula is C13H22O3. The Balaban J connectivity index is 3.89. The molecule has 0 heterocycles. The van der Waals surface area contributed by atoms with Crippen LogP contribution in [0, 0.1) is 11.8 Å². The van der Waals surface area contributed by atoms with Crippen LogP contribution in [0.3, 0.4) is 0 Å². The van der Waals surface area contributed by atoms with E-state index in [1.165, 1.54) is 0 Å². The van der Waals surface area contributed by atoms with Gasteiger partial charge in [-0.1, -0.05) is 25.2 Å². The second kappa shape index (κ2) is 7.16. The summed E-state index contributed by atoms with van der Waals surface area (Å²) in [7, 11) is 0. The fourth-order valence-corrected chi connectivity index (χ4v) is 0.929. The number of carbonyl (C=O) groups is 1. The molecule has 0 aromatic rings. The molecule has 0 bridgehead atoms. The standard InChI is InChI=1S/C13H22O3/c1-6-7-8-9-10-11(2)15-12(14)16-13(3,4)5/h11H,6-8H2,1-5H3. The molecule has 3 heteroatoms. The smallest absolute Gasteiger partial charge is 0.429 e. The lowest BCUT2D eigenvalue weighted by atomic mass is 10.2. The number of ether oxygens (including phenoxy) is 2. The molecule has 0 N–H and O–H groups in total. The van der Waals surface area contributed by atoms with Crippen LogP contribution < -0.4 is 0 Å². The first kappa shape index (κ1) is 14.8. The van der Waals surface area contributed by atoms with E-state index in [4.69, 9.17) is 9.47 Å². The van der Waals surface area contributed by atoms with E-state index in [0.29, 0.717) is 0 Å². The SMILES string of the molecule is CCCCC#CC(C)OC(=O)OC(C)(C)C. The van der Waals surface area contributed by atoms with E-state index in [9.17, 15) is 4.79 Å². The average Bonchev–Trinajstić information content (AvgIpc) is 2.09. The summed E-state index contributed by atoms with van der Waals surface area (Å²) in [5, 5.41) is 0. The Bertz CT molecular complexity index is 265. The highest BCUT2D eigenvalue weighted by Gasteiger charge is 2.18. The fourth-order valence-electron chi connectivity index (χ4n) is 0.929. The van der Waals surface area contributed by atoms with Gasteiger partial charge in [0.05, 0.1) is 0 Å². The van der Waals surface area contributed by atoms with Crippen molar-refractivity contribution < 1.29 is 14.3 Å². The lowest BCUT2D eigenvalue weighted by molar-refractivity contribution is -0.0141. The maximum atomic E-state index is 11.2. The van der Waals surface area contributed by atoms with E-state index in [-0.39, 0.29) is 0 Å². The van der Waals surface area contributed by atoms with Gasteiger partial charge in [-0.05, 0) is 34.1 Å². The van der Waals surface area contributed by atoms with Gasteiger partial charge in [0.25, 0.3) is 0 Å². The molecule has 0 aromatic carbocycles. The van der Waals surface area contributed by atoms with E-state index in [1.54, 1.807) is 27.7 Å². The quantitative estimate of drug-likeness (QED) is 0.419. The Labute approximate surface area is 98.5 Å². The van der Waals surface area contributed by atoms with Crippen LogP contribution in [0.4, 0.5) is 4.79 Å². The molecule has 0 rings (SSSR count). The van der Waals surface area contributed by atoms with Gasteiger partial charge in [0.2, 0.25) is 0 Å². The predicted molar refractivity (Wildman–Crippen MR) is 64.1 cm³/mol. The lowest BCUT2D eigenvalue weighted by Crippen LogP contribution is -2.26. The summed E-state index contributed by atoms with van der Waals surface area (Å²) in [6.45, 7) is 9.24. The van der Waals surface area contributed by atoms with Crippen LogP contribution in [0.15, 0.2) is 0 Å². The molecule has 0 aromatic heterocycles. The molecule has 0 saturated heterocycles. The Morgan fingerprint density at radius 2 is 2.00 bits per heavy atom. The van der Waals surface area contributed by atoms with Crippen molar-refractivity contribution in [3.8, 4) is 11.8 Å². The number of hydrogen-bond donors (Lipinski definition) is 0. The van der Waals surface area contributed by atoms with Gasteiger partial charge < -0.3 is 9.47 Å². The molecule has 0 spiro atoms. The van der Waals surface area contributed by atoms with Crippen LogP contribution in [0.1, 0.15) is 53.9 Å². The molecule has 1 atom stereocenters. The van der Waals surface area contributed by atoms with Crippen molar-refractivity contribution in [1.29, 1.82) is 0 Å². The Morgan fingerprint density at radius 1 is 1.38 bits per heavy atom. The minimum Gasteiger partial charge on any atom is -0.429 e. The van der Waals surface area contributed by atoms with Crippen molar-refractivity contribution in [1.82, 2.24) is 0 Å². The van der Waals surface area contributed by atoms with Crippen molar-refractivity contribution in [3.05, 3.63) is 0 Å². The zero-order valence-corrected chi connectivity index (χ0v) is 10.9. The lowest BCUT2D eigenvalue weighted by Gasteiger charge is -2.19. The Kier molecular flexibility index (Phi) is 6.64. The fraction of sp³-hybridized carbons (Fsp3) is 0.769. The summed E-state index contributed by atoms with van der Waals surface area (Å²) in [5.41, 5.74) is -0.521. The van der Waals surface area contributed by atoms with E-state index in [0.717, 1.165) is 19.3 Å². The second-order valence-corrected chi connectivity index (χ2v) is 4.65. The highest BCUT2D eigenvalue weighted by Crippen LogP contribution is 2.08. The Morgan fingerprint density at radius 3 is 2.50 bits per heavy atom. The van der Waals surface area contributed by atoms with Crippen molar-refractivity contribution >= 4 is 6.16 Å². The van der Waals surface area contributed by atoms with Crippen molar-refractivity contribution in [3.63, 3.8) is 0 Å². The first-order valence-corrected chi connectivity index (χ1v) is 5.73. The molecule has 0 aliphatic heterocycles. The van der Waals surface area contributed by atoms with E-state index in [1.807, 2.05) is 0 Å². The van der Waals surface area contributed by atoms with Gasteiger partial charge in [-0.3, -0.25) is 0 Å². The van der Waals surface area contributed by atoms with Crippen molar-refractivity contribution in [2.24, 2.45) is 0 Å². The van der Waals surface area contributed by atoms with E-state index >= 15 is 0 Å². The van der Waals surface area contributed by atoms with Gasteiger partial charge in [-0.25, -0.2) is 4.79 Å². The van der Waals surface area contributed by atoms with Crippen LogP contribution in [-0.4, -0.2) is 17.9 Å². The minimum absolute atomic E-state index is 0.410. The van der Waals surface area contributed by atoms with Crippen LogP contribution in [0.5, 0.6) is 0 Å². The zero-order valence-electron chi connectivity index (χ0n) is 10.9. The van der Waals surface area contributed by atoms with Gasteiger partial charge in [0.1, 0.15) is 5.60 Å². The molecule has 3 nitrogen and oxygen atoms in total. The van der Waals surface area contributed by atoms with Crippen LogP contribution in [-0.2, 0) is 9.47 Å². The molecular weight excluding hydrogens is 204 g/mol. The minimum atomic E-state index is -0.662. The molecule has 1 unspecified atom stereocenters. The summed E-state index contributed by atoms with van der Waals surface area (Å²) < 4.78 is 9.98. The summed E-state index contributed by atoms with van der Waals surface area (Å²) in [5.74, 6) is 5.83. The molecule has 0 aliphatic carbocycles. The summed E-state index contributed by atoms with van der Waals surface area (Å²) in [6.07, 6.45) is 1.97. The maximum absolute atomic E-state index is 11.2. The number of unbranched alkanes of at least 4 members (excludes halogenated alkanes) is 2. The Hall–Kier alpha value is -1.17. The van der Waals surface area contributed by atoms with Crippen molar-refractivity contribution in [2.75, 3.05) is 0 Å². The highest BCUT2D eigenvalue weighted by atomic mass is 16.7. The molecule has 16 heavy (non-hydrogen) atoms. The molecule has 0 amide bonds. The molecule has 0 aliphatic rings. The number of hydrogen-bond acceptors (Lipinski definition) is 3. The molecule has 92 valence electrons. The first-order chi connectivity index (χ1) is 7.35. The van der Waals surface area contributed by atoms with Gasteiger partial charge in [-0.15, -0.1) is 0 Å². The average molecular weight is 226 g/mol. The molecule has 0 saturated carbocycles. The summed E-state index contributed by atoms with van der Waals surface area (Å²) in [4.78, 5) is 11.2. The molecule has 0 radical (unpaired) electrons. The van der Waals surface area contributed by atoms with E-state index in [2.05, 4.69) is 18.8 Å². The largest absolute Gasteiger partial charge is 0.510 e. The van der Waals surface area contributed by atoms with Crippen LogP contribution in [0.2, 0.25) is 0 Å². The third-order valence-corrected chi connectivity index (χ3v) is 1.62. The summed E-state index contributed by atoms with van der Waals surface area (Å²) >= 11 is 0. The topological polar surface area (TPSA) is 35.5 Å². The van der Waals surface area contributed by atoms with Crippen LogP contribution >= 0.6 is 0 Å². The number of carbonyl (C=O) groups excluding carboxylic acids is 1. The first-order valence-electron chi connectivity index (χ1n) is 5.73. The zero-order chi connectivity index (χ0) is 12.6. The third-order valence-electron chi connectivity index (χ3n) is 1.62. The van der Waals surface area contributed by atoms with Gasteiger partial charge in [0, 0.05) is 6.42 Å². The van der Waals surface area contributed by atoms with Gasteiger partial charge in [0.15, 0.2) is 6.10 Å². The maximum Gasteiger partial charge on any atom is 0.510 e. The van der Waals surface area contributed by atoms with Crippen molar-refractivity contribution in [2.45, 2.75) is 65.6 Å². The monoisotopic (exact) mass is 226 g/mol. The number of rotatable bonds is 3. The summed E-state index contributed by atoms with van der Waals surface area (Å²) in [6, 6.07) is 0. The molecule has 0 fully saturated rings. The third kappa shape index (κ3) is 9.39. The van der Waals surface area contributed by atoms with E-state index < -0.39 is 17.9 Å². The second-order valence-electron chi connectivity index (χ2n) is 4.65. The van der Waals surface area contributed by atoms with Gasteiger partial charge in [-0.2, -0.15) is 0 Å². The van der Waals surface area contributed by atoms with Crippen LogP contribution in [0.25, 0.3) is 0 Å². The normalized spacial score (nSPS) is 12.3. The van der Waals surface area contributed by atoms with Gasteiger partial charge >= 0.3 is 6.16 Å².